The van der Waals surface area contributed by atoms with Gasteiger partial charge in [-0.1, -0.05) is 43.7 Å². The van der Waals surface area contributed by atoms with Gasteiger partial charge in [0.1, 0.15) is 0 Å². The third-order valence-electron chi connectivity index (χ3n) is 3.88. The van der Waals surface area contributed by atoms with Crippen molar-refractivity contribution in [2.45, 2.75) is 38.1 Å². The van der Waals surface area contributed by atoms with E-state index >= 15 is 0 Å². The molecule has 1 aliphatic rings. The summed E-state index contributed by atoms with van der Waals surface area (Å²) in [4.78, 5) is 13.8. The summed E-state index contributed by atoms with van der Waals surface area (Å²) in [6.45, 7) is 3.93. The van der Waals surface area contributed by atoms with Crippen LogP contribution in [0.15, 0.2) is 30.3 Å². The maximum absolute atomic E-state index is 12.0. The van der Waals surface area contributed by atoms with E-state index in [0.29, 0.717) is 19.7 Å². The molecule has 0 aromatic heterocycles. The number of likely N-dealkylation sites (tertiary alicyclic amines) is 1. The second-order valence-electron chi connectivity index (χ2n) is 5.38. The van der Waals surface area contributed by atoms with Gasteiger partial charge < -0.3 is 15.4 Å². The first-order chi connectivity index (χ1) is 9.72. The van der Waals surface area contributed by atoms with Gasteiger partial charge in [0.25, 0.3) is 0 Å². The number of ether oxygens (including phenoxy) is 1. The minimum absolute atomic E-state index is 0.108. The number of unbranched alkanes of at least 4 members (excludes halogenated alkanes) is 1. The molecule has 0 spiro atoms. The second-order valence-corrected chi connectivity index (χ2v) is 5.38. The van der Waals surface area contributed by atoms with Gasteiger partial charge in [-0.15, -0.1) is 0 Å². The predicted molar refractivity (Wildman–Crippen MR) is 79.6 cm³/mol. The molecule has 2 atom stereocenters. The third kappa shape index (κ3) is 3.73. The molecule has 1 heterocycles. The van der Waals surface area contributed by atoms with E-state index in [2.05, 4.69) is 19.1 Å². The number of benzene rings is 1. The number of carbonyl (C=O) groups is 1. The number of hydrogen-bond acceptors (Lipinski definition) is 3. The van der Waals surface area contributed by atoms with Gasteiger partial charge >= 0.3 is 6.09 Å². The average Bonchev–Trinajstić information content (AvgIpc) is 2.49. The van der Waals surface area contributed by atoms with Crippen molar-refractivity contribution in [2.24, 2.45) is 5.73 Å². The summed E-state index contributed by atoms with van der Waals surface area (Å²) in [6, 6.07) is 10.3. The van der Waals surface area contributed by atoms with E-state index in [0.717, 1.165) is 19.3 Å². The molecule has 1 saturated heterocycles. The first-order valence-corrected chi connectivity index (χ1v) is 7.44. The second kappa shape index (κ2) is 7.29. The van der Waals surface area contributed by atoms with E-state index in [4.69, 9.17) is 10.5 Å². The number of carbonyl (C=O) groups excluding carboxylic acids is 1. The lowest BCUT2D eigenvalue weighted by atomic mass is 9.87. The third-order valence-corrected chi connectivity index (χ3v) is 3.88. The van der Waals surface area contributed by atoms with Crippen LogP contribution < -0.4 is 5.73 Å². The Balaban J connectivity index is 1.96. The van der Waals surface area contributed by atoms with Crippen LogP contribution in [0.1, 0.15) is 37.7 Å². The number of nitrogens with zero attached hydrogens (tertiary/aromatic N) is 1. The highest BCUT2D eigenvalue weighted by atomic mass is 16.6. The van der Waals surface area contributed by atoms with Crippen LogP contribution in [0.25, 0.3) is 0 Å². The SMILES string of the molecule is CCCCOC(=O)N1CCC(N)C(c2ccccc2)C1. The number of nitrogens with two attached hydrogens (primary N) is 1. The molecule has 1 amide bonds. The van der Waals surface area contributed by atoms with Crippen molar-refractivity contribution >= 4 is 6.09 Å². The molecule has 4 heteroatoms. The fourth-order valence-electron chi connectivity index (χ4n) is 2.58. The van der Waals surface area contributed by atoms with Crippen molar-refractivity contribution < 1.29 is 9.53 Å². The summed E-state index contributed by atoms with van der Waals surface area (Å²) < 4.78 is 5.29. The van der Waals surface area contributed by atoms with E-state index in [1.54, 1.807) is 4.90 Å². The summed E-state index contributed by atoms with van der Waals surface area (Å²) in [5.74, 6) is 0.198. The first-order valence-electron chi connectivity index (χ1n) is 7.44. The Labute approximate surface area is 120 Å². The van der Waals surface area contributed by atoms with E-state index in [1.807, 2.05) is 18.2 Å². The van der Waals surface area contributed by atoms with Crippen LogP contribution in [-0.2, 0) is 4.74 Å². The van der Waals surface area contributed by atoms with Crippen molar-refractivity contribution in [3.8, 4) is 0 Å². The molecule has 20 heavy (non-hydrogen) atoms. The van der Waals surface area contributed by atoms with Gasteiger partial charge in [-0.3, -0.25) is 0 Å². The molecule has 110 valence electrons. The maximum Gasteiger partial charge on any atom is 0.409 e. The summed E-state index contributed by atoms with van der Waals surface area (Å²) in [7, 11) is 0. The number of hydrogen-bond donors (Lipinski definition) is 1. The zero-order valence-corrected chi connectivity index (χ0v) is 12.1. The molecular weight excluding hydrogens is 252 g/mol. The van der Waals surface area contributed by atoms with Gasteiger partial charge in [-0.25, -0.2) is 4.79 Å². The summed E-state index contributed by atoms with van der Waals surface area (Å²) in [6.07, 6.45) is 2.57. The molecule has 0 bridgehead atoms. The first kappa shape index (κ1) is 14.9. The largest absolute Gasteiger partial charge is 0.449 e. The van der Waals surface area contributed by atoms with Crippen LogP contribution in [0.3, 0.4) is 0 Å². The van der Waals surface area contributed by atoms with Gasteiger partial charge in [-0.05, 0) is 18.4 Å². The molecule has 0 saturated carbocycles. The summed E-state index contributed by atoms with van der Waals surface area (Å²) in [5.41, 5.74) is 7.42. The minimum atomic E-state index is -0.203. The van der Waals surface area contributed by atoms with Crippen LogP contribution in [0, 0.1) is 0 Å². The zero-order chi connectivity index (χ0) is 14.4. The normalized spacial score (nSPS) is 22.6. The van der Waals surface area contributed by atoms with Crippen LogP contribution in [0.2, 0.25) is 0 Å². The van der Waals surface area contributed by atoms with E-state index in [-0.39, 0.29) is 18.1 Å². The van der Waals surface area contributed by atoms with Gasteiger partial charge in [0.2, 0.25) is 0 Å². The Morgan fingerprint density at radius 1 is 1.40 bits per heavy atom. The highest BCUT2D eigenvalue weighted by molar-refractivity contribution is 5.68. The fraction of sp³-hybridized carbons (Fsp3) is 0.562. The molecule has 2 unspecified atom stereocenters. The van der Waals surface area contributed by atoms with E-state index < -0.39 is 0 Å². The summed E-state index contributed by atoms with van der Waals surface area (Å²) in [5, 5.41) is 0. The van der Waals surface area contributed by atoms with Crippen molar-refractivity contribution in [3.05, 3.63) is 35.9 Å². The number of amides is 1. The van der Waals surface area contributed by atoms with Crippen molar-refractivity contribution in [2.75, 3.05) is 19.7 Å². The predicted octanol–water partition coefficient (Wildman–Crippen LogP) is 2.74. The molecule has 0 aliphatic carbocycles. The molecule has 4 nitrogen and oxygen atoms in total. The zero-order valence-electron chi connectivity index (χ0n) is 12.1. The fourth-order valence-corrected chi connectivity index (χ4v) is 2.58. The highest BCUT2D eigenvalue weighted by Crippen LogP contribution is 2.26. The molecule has 2 N–H and O–H groups in total. The lowest BCUT2D eigenvalue weighted by Crippen LogP contribution is -2.48. The van der Waals surface area contributed by atoms with Crippen LogP contribution in [0.5, 0.6) is 0 Å². The Hall–Kier alpha value is -1.55. The van der Waals surface area contributed by atoms with Crippen molar-refractivity contribution in [1.29, 1.82) is 0 Å². The average molecular weight is 276 g/mol. The van der Waals surface area contributed by atoms with Crippen molar-refractivity contribution in [3.63, 3.8) is 0 Å². The monoisotopic (exact) mass is 276 g/mol. The Morgan fingerprint density at radius 3 is 2.85 bits per heavy atom. The quantitative estimate of drug-likeness (QED) is 0.860. The molecule has 1 aromatic rings. The molecule has 1 aromatic carbocycles. The van der Waals surface area contributed by atoms with Gasteiger partial charge in [0.15, 0.2) is 0 Å². The summed E-state index contributed by atoms with van der Waals surface area (Å²) >= 11 is 0. The number of rotatable bonds is 4. The minimum Gasteiger partial charge on any atom is -0.449 e. The van der Waals surface area contributed by atoms with Crippen LogP contribution in [-0.4, -0.2) is 36.7 Å². The molecule has 2 rings (SSSR count). The van der Waals surface area contributed by atoms with Crippen LogP contribution in [0.4, 0.5) is 4.79 Å². The molecule has 0 radical (unpaired) electrons. The van der Waals surface area contributed by atoms with Crippen molar-refractivity contribution in [1.82, 2.24) is 4.90 Å². The lowest BCUT2D eigenvalue weighted by molar-refractivity contribution is 0.0875. The van der Waals surface area contributed by atoms with Crippen LogP contribution >= 0.6 is 0 Å². The molecule has 1 aliphatic heterocycles. The Bertz CT molecular complexity index is 422. The van der Waals surface area contributed by atoms with Gasteiger partial charge in [0, 0.05) is 25.0 Å². The van der Waals surface area contributed by atoms with E-state index in [9.17, 15) is 4.79 Å². The van der Waals surface area contributed by atoms with E-state index in [1.165, 1.54) is 5.56 Å². The van der Waals surface area contributed by atoms with Gasteiger partial charge in [-0.2, -0.15) is 0 Å². The maximum atomic E-state index is 12.0. The highest BCUT2D eigenvalue weighted by Gasteiger charge is 2.30. The smallest absolute Gasteiger partial charge is 0.409 e. The molecular formula is C16H24N2O2. The number of piperidine rings is 1. The van der Waals surface area contributed by atoms with Gasteiger partial charge in [0.05, 0.1) is 6.61 Å². The molecule has 1 fully saturated rings. The lowest BCUT2D eigenvalue weighted by Gasteiger charge is -2.36. The Kier molecular flexibility index (Phi) is 5.41. The Morgan fingerprint density at radius 2 is 2.15 bits per heavy atom. The standard InChI is InChI=1S/C16H24N2O2/c1-2-3-11-20-16(19)18-10-9-15(17)14(12-18)13-7-5-4-6-8-13/h4-8,14-15H,2-3,9-12,17H2,1H3. The topological polar surface area (TPSA) is 55.6 Å².